The van der Waals surface area contributed by atoms with E-state index in [0.717, 1.165) is 29.3 Å². The Labute approximate surface area is 198 Å². The fourth-order valence-corrected chi connectivity index (χ4v) is 3.73. The van der Waals surface area contributed by atoms with Crippen LogP contribution in [-0.4, -0.2) is 34.9 Å². The molecule has 0 atom stereocenters. The lowest BCUT2D eigenvalue weighted by Crippen LogP contribution is -2.28. The molecule has 0 fully saturated rings. The number of amides is 2. The summed E-state index contributed by atoms with van der Waals surface area (Å²) in [5, 5.41) is 8.78. The van der Waals surface area contributed by atoms with Gasteiger partial charge >= 0.3 is 0 Å². The molecule has 0 spiro atoms. The van der Waals surface area contributed by atoms with Gasteiger partial charge in [0, 0.05) is 31.3 Å². The van der Waals surface area contributed by atoms with Gasteiger partial charge in [-0.05, 0) is 43.7 Å². The van der Waals surface area contributed by atoms with Crippen molar-refractivity contribution in [3.05, 3.63) is 83.4 Å². The van der Waals surface area contributed by atoms with Gasteiger partial charge in [-0.3, -0.25) is 14.9 Å². The molecule has 0 saturated carbocycles. The van der Waals surface area contributed by atoms with Crippen LogP contribution in [0.3, 0.4) is 0 Å². The average Bonchev–Trinajstić information content (AvgIpc) is 3.24. The topological polar surface area (TPSA) is 125 Å². The highest BCUT2D eigenvalue weighted by Crippen LogP contribution is 2.37. The first kappa shape index (κ1) is 22.8. The van der Waals surface area contributed by atoms with E-state index in [4.69, 9.17) is 5.73 Å². The number of carbonyl (C=O) groups is 2. The lowest BCUT2D eigenvalue weighted by molar-refractivity contribution is -0.116. The Hall–Kier alpha value is -4.40. The largest absolute Gasteiger partial charge is 0.394 e. The number of nitrogens with zero attached hydrogens (tertiary/aromatic N) is 3. The number of para-hydroxylation sites is 2. The van der Waals surface area contributed by atoms with Gasteiger partial charge in [0.25, 0.3) is 5.91 Å². The number of rotatable bonds is 7. The number of fused-ring (bicyclic) bond motifs is 1. The van der Waals surface area contributed by atoms with Crippen LogP contribution in [0.5, 0.6) is 0 Å². The van der Waals surface area contributed by atoms with E-state index in [1.807, 2.05) is 44.2 Å². The summed E-state index contributed by atoms with van der Waals surface area (Å²) in [5.74, 6) is 0.358. The lowest BCUT2D eigenvalue weighted by atomic mass is 10.2. The number of hydrogen-bond acceptors (Lipinski definition) is 7. The molecule has 2 amide bonds. The summed E-state index contributed by atoms with van der Waals surface area (Å²) in [6.07, 6.45) is 1.71. The summed E-state index contributed by atoms with van der Waals surface area (Å²) in [6, 6.07) is 16.8. The maximum atomic E-state index is 12.4. The molecule has 1 aliphatic heterocycles. The highest BCUT2D eigenvalue weighted by Gasteiger charge is 2.26. The van der Waals surface area contributed by atoms with Gasteiger partial charge in [-0.15, -0.1) is 0 Å². The molecule has 2 aromatic carbocycles. The van der Waals surface area contributed by atoms with Crippen LogP contribution in [0.25, 0.3) is 5.70 Å². The number of anilines is 3. The van der Waals surface area contributed by atoms with Crippen molar-refractivity contribution in [2.24, 2.45) is 5.73 Å². The van der Waals surface area contributed by atoms with Crippen LogP contribution in [0.1, 0.15) is 35.0 Å². The number of hydrogen-bond donors (Lipinski definition) is 4. The van der Waals surface area contributed by atoms with Gasteiger partial charge in [0.1, 0.15) is 5.82 Å². The first-order valence-electron chi connectivity index (χ1n) is 11.1. The van der Waals surface area contributed by atoms with Gasteiger partial charge in [0.2, 0.25) is 11.9 Å². The summed E-state index contributed by atoms with van der Waals surface area (Å²) >= 11 is 0. The Balaban J connectivity index is 1.43. The molecule has 9 heteroatoms. The van der Waals surface area contributed by atoms with Crippen LogP contribution in [0.15, 0.2) is 66.6 Å². The van der Waals surface area contributed by atoms with Crippen LogP contribution in [0.4, 0.5) is 17.3 Å². The second-order valence-corrected chi connectivity index (χ2v) is 7.79. The number of nitrogens with two attached hydrogens (primary N) is 1. The van der Waals surface area contributed by atoms with Gasteiger partial charge in [-0.1, -0.05) is 30.3 Å². The number of aryl methyl sites for hydroxylation is 1. The van der Waals surface area contributed by atoms with E-state index < -0.39 is 0 Å². The highest BCUT2D eigenvalue weighted by molar-refractivity contribution is 5.95. The second kappa shape index (κ2) is 10.0. The standard InChI is InChI=1S/C25H27N7O2/c1-3-32-19-12-8-7-11-18(19)29-23(32)21(26)22-16(2)15-28-25(31-22)30-20(33)13-14-27-24(34)17-9-5-4-6-10-17/h4-12,15,29H,3,13-14,26H2,1-2H3,(H,27,34)(H,28,30,31,33)/b23-21-. The van der Waals surface area contributed by atoms with Gasteiger partial charge in [-0.25, -0.2) is 9.97 Å². The Morgan fingerprint density at radius 1 is 1.09 bits per heavy atom. The first-order valence-corrected chi connectivity index (χ1v) is 11.1. The van der Waals surface area contributed by atoms with Gasteiger partial charge in [0.15, 0.2) is 0 Å². The minimum absolute atomic E-state index is 0.0855. The predicted molar refractivity (Wildman–Crippen MR) is 133 cm³/mol. The minimum Gasteiger partial charge on any atom is -0.394 e. The molecule has 2 heterocycles. The van der Waals surface area contributed by atoms with E-state index >= 15 is 0 Å². The van der Waals surface area contributed by atoms with Crippen molar-refractivity contribution in [1.29, 1.82) is 0 Å². The summed E-state index contributed by atoms with van der Waals surface area (Å²) in [5.41, 5.74) is 10.9. The number of nitrogens with one attached hydrogen (secondary N) is 3. The van der Waals surface area contributed by atoms with Crippen molar-refractivity contribution in [3.63, 3.8) is 0 Å². The summed E-state index contributed by atoms with van der Waals surface area (Å²) < 4.78 is 0. The highest BCUT2D eigenvalue weighted by atomic mass is 16.2. The molecular formula is C25H27N7O2. The molecule has 34 heavy (non-hydrogen) atoms. The Bertz CT molecular complexity index is 1240. The van der Waals surface area contributed by atoms with Crippen LogP contribution in [-0.2, 0) is 4.79 Å². The maximum absolute atomic E-state index is 12.4. The summed E-state index contributed by atoms with van der Waals surface area (Å²) in [6.45, 7) is 4.83. The van der Waals surface area contributed by atoms with Crippen molar-refractivity contribution in [3.8, 4) is 0 Å². The average molecular weight is 458 g/mol. The van der Waals surface area contributed by atoms with Crippen molar-refractivity contribution in [1.82, 2.24) is 15.3 Å². The van der Waals surface area contributed by atoms with Crippen molar-refractivity contribution >= 4 is 34.8 Å². The molecule has 1 aliphatic rings. The van der Waals surface area contributed by atoms with Crippen LogP contribution >= 0.6 is 0 Å². The Morgan fingerprint density at radius 3 is 2.59 bits per heavy atom. The second-order valence-electron chi connectivity index (χ2n) is 7.79. The maximum Gasteiger partial charge on any atom is 0.251 e. The summed E-state index contributed by atoms with van der Waals surface area (Å²) in [4.78, 5) is 35.3. The molecule has 0 radical (unpaired) electrons. The fourth-order valence-electron chi connectivity index (χ4n) is 3.73. The van der Waals surface area contributed by atoms with Gasteiger partial charge < -0.3 is 21.3 Å². The molecule has 0 aliphatic carbocycles. The number of carbonyl (C=O) groups excluding carboxylic acids is 2. The molecule has 5 N–H and O–H groups in total. The Kier molecular flexibility index (Phi) is 6.72. The molecule has 1 aromatic heterocycles. The smallest absolute Gasteiger partial charge is 0.251 e. The van der Waals surface area contributed by atoms with Gasteiger partial charge in [0.05, 0.1) is 22.8 Å². The van der Waals surface area contributed by atoms with Crippen LogP contribution in [0, 0.1) is 6.92 Å². The zero-order valence-electron chi connectivity index (χ0n) is 19.1. The van der Waals surface area contributed by atoms with E-state index in [9.17, 15) is 9.59 Å². The zero-order chi connectivity index (χ0) is 24.1. The molecule has 4 rings (SSSR count). The third kappa shape index (κ3) is 4.83. The fraction of sp³-hybridized carbons (Fsp3) is 0.200. The molecular weight excluding hydrogens is 430 g/mol. The molecule has 0 bridgehead atoms. The predicted octanol–water partition coefficient (Wildman–Crippen LogP) is 3.08. The van der Waals surface area contributed by atoms with Crippen LogP contribution < -0.4 is 26.6 Å². The van der Waals surface area contributed by atoms with Crippen molar-refractivity contribution in [2.45, 2.75) is 20.3 Å². The van der Waals surface area contributed by atoms with E-state index in [2.05, 4.69) is 30.8 Å². The van der Waals surface area contributed by atoms with Crippen molar-refractivity contribution in [2.75, 3.05) is 28.6 Å². The SMILES string of the molecule is CCN1/C(=C(\N)c2nc(NC(=O)CCNC(=O)c3ccccc3)ncc2C)Nc2ccccc21. The number of aromatic nitrogens is 2. The monoisotopic (exact) mass is 457 g/mol. The lowest BCUT2D eigenvalue weighted by Gasteiger charge is -2.20. The first-order chi connectivity index (χ1) is 16.5. The molecule has 3 aromatic rings. The Morgan fingerprint density at radius 2 is 1.82 bits per heavy atom. The third-order valence-electron chi connectivity index (χ3n) is 5.44. The summed E-state index contributed by atoms with van der Waals surface area (Å²) in [7, 11) is 0. The zero-order valence-corrected chi connectivity index (χ0v) is 19.1. The van der Waals surface area contributed by atoms with E-state index in [1.165, 1.54) is 0 Å². The van der Waals surface area contributed by atoms with Gasteiger partial charge in [-0.2, -0.15) is 0 Å². The van der Waals surface area contributed by atoms with Crippen molar-refractivity contribution < 1.29 is 9.59 Å². The van der Waals surface area contributed by atoms with E-state index in [0.29, 0.717) is 17.0 Å². The molecule has 9 nitrogen and oxygen atoms in total. The molecule has 0 unspecified atom stereocenters. The normalized spacial score (nSPS) is 13.6. The van der Waals surface area contributed by atoms with E-state index in [-0.39, 0.29) is 30.7 Å². The quantitative estimate of drug-likeness (QED) is 0.430. The van der Waals surface area contributed by atoms with E-state index in [1.54, 1.807) is 30.5 Å². The molecule has 0 saturated heterocycles. The minimum atomic E-state index is -0.309. The molecule has 174 valence electrons. The van der Waals surface area contributed by atoms with Crippen LogP contribution in [0.2, 0.25) is 0 Å². The number of benzene rings is 2. The third-order valence-corrected chi connectivity index (χ3v) is 5.44.